The molecule has 1 saturated carbocycles. The van der Waals surface area contributed by atoms with Crippen LogP contribution in [0.3, 0.4) is 0 Å². The Bertz CT molecular complexity index is 500. The Hall–Kier alpha value is -1.27. The molecule has 0 heterocycles. The largest absolute Gasteiger partial charge is 0.359 e. The fourth-order valence-electron chi connectivity index (χ4n) is 1.95. The van der Waals surface area contributed by atoms with Crippen molar-refractivity contribution in [2.24, 2.45) is 5.92 Å². The molecular formula is C15H16BrNO. The van der Waals surface area contributed by atoms with Crippen LogP contribution in [0.4, 0.5) is 5.69 Å². The van der Waals surface area contributed by atoms with Gasteiger partial charge in [-0.25, -0.2) is 0 Å². The van der Waals surface area contributed by atoms with E-state index in [0.717, 1.165) is 28.2 Å². The molecule has 0 aromatic heterocycles. The van der Waals surface area contributed by atoms with Crippen LogP contribution >= 0.6 is 15.9 Å². The third-order valence-electron chi connectivity index (χ3n) is 3.15. The molecule has 2 nitrogen and oxygen atoms in total. The molecule has 0 aliphatic heterocycles. The highest BCUT2D eigenvalue weighted by Crippen LogP contribution is 2.34. The SMILES string of the molecule is C#CCN(CC1CC1)c1ccc(C(C)=O)cc1Br. The van der Waals surface area contributed by atoms with Crippen molar-refractivity contribution in [1.29, 1.82) is 0 Å². The van der Waals surface area contributed by atoms with Gasteiger partial charge in [-0.3, -0.25) is 4.79 Å². The van der Waals surface area contributed by atoms with Crippen LogP contribution in [0.15, 0.2) is 22.7 Å². The van der Waals surface area contributed by atoms with Crippen molar-refractivity contribution >= 4 is 27.4 Å². The lowest BCUT2D eigenvalue weighted by atomic mass is 10.1. The number of hydrogen-bond acceptors (Lipinski definition) is 2. The first-order valence-corrected chi connectivity index (χ1v) is 6.90. The monoisotopic (exact) mass is 305 g/mol. The van der Waals surface area contributed by atoms with Crippen LogP contribution in [0.25, 0.3) is 0 Å². The Morgan fingerprint density at radius 2 is 2.28 bits per heavy atom. The van der Waals surface area contributed by atoms with Crippen molar-refractivity contribution in [2.75, 3.05) is 18.0 Å². The fourth-order valence-corrected chi connectivity index (χ4v) is 2.58. The molecule has 0 unspecified atom stereocenters. The lowest BCUT2D eigenvalue weighted by molar-refractivity contribution is 0.101. The highest BCUT2D eigenvalue weighted by Gasteiger charge is 2.25. The number of nitrogens with zero attached hydrogens (tertiary/aromatic N) is 1. The van der Waals surface area contributed by atoms with E-state index in [1.165, 1.54) is 12.8 Å². The standard InChI is InChI=1S/C15H16BrNO/c1-3-8-17(10-12-4-5-12)15-7-6-13(11(2)18)9-14(15)16/h1,6-7,9,12H,4-5,8,10H2,2H3. The van der Waals surface area contributed by atoms with Crippen LogP contribution in [-0.2, 0) is 0 Å². The third-order valence-corrected chi connectivity index (χ3v) is 3.79. The molecule has 18 heavy (non-hydrogen) atoms. The van der Waals surface area contributed by atoms with Gasteiger partial charge in [0.05, 0.1) is 12.2 Å². The van der Waals surface area contributed by atoms with E-state index in [0.29, 0.717) is 6.54 Å². The quantitative estimate of drug-likeness (QED) is 0.613. The maximum absolute atomic E-state index is 11.3. The molecule has 94 valence electrons. The summed E-state index contributed by atoms with van der Waals surface area (Å²) in [5.74, 6) is 3.55. The van der Waals surface area contributed by atoms with Crippen LogP contribution in [0, 0.1) is 18.3 Å². The Kier molecular flexibility index (Phi) is 4.08. The fraction of sp³-hybridized carbons (Fsp3) is 0.400. The third kappa shape index (κ3) is 3.14. The first kappa shape index (κ1) is 13.2. The first-order chi connectivity index (χ1) is 8.61. The minimum Gasteiger partial charge on any atom is -0.359 e. The molecule has 0 bridgehead atoms. The van der Waals surface area contributed by atoms with Gasteiger partial charge >= 0.3 is 0 Å². The van der Waals surface area contributed by atoms with Gasteiger partial charge in [0, 0.05) is 16.6 Å². The van der Waals surface area contributed by atoms with Crippen LogP contribution in [0.1, 0.15) is 30.1 Å². The van der Waals surface area contributed by atoms with Gasteiger partial charge in [0.2, 0.25) is 0 Å². The van der Waals surface area contributed by atoms with Crippen molar-refractivity contribution in [3.63, 3.8) is 0 Å². The van der Waals surface area contributed by atoms with E-state index in [1.54, 1.807) is 6.92 Å². The Morgan fingerprint density at radius 3 is 2.78 bits per heavy atom. The van der Waals surface area contributed by atoms with Gasteiger partial charge in [0.15, 0.2) is 5.78 Å². The minimum absolute atomic E-state index is 0.0768. The molecule has 1 aliphatic rings. The summed E-state index contributed by atoms with van der Waals surface area (Å²) in [5.41, 5.74) is 1.79. The lowest BCUT2D eigenvalue weighted by Gasteiger charge is -2.24. The molecule has 0 radical (unpaired) electrons. The van der Waals surface area contributed by atoms with Crippen molar-refractivity contribution in [3.8, 4) is 12.3 Å². The van der Waals surface area contributed by atoms with Gasteiger partial charge < -0.3 is 4.90 Å². The van der Waals surface area contributed by atoms with Crippen molar-refractivity contribution in [1.82, 2.24) is 0 Å². The minimum atomic E-state index is 0.0768. The van der Waals surface area contributed by atoms with Gasteiger partial charge in [0.25, 0.3) is 0 Å². The second-order valence-electron chi connectivity index (χ2n) is 4.75. The predicted molar refractivity (Wildman–Crippen MR) is 77.9 cm³/mol. The van der Waals surface area contributed by atoms with Crippen LogP contribution in [0.5, 0.6) is 0 Å². The topological polar surface area (TPSA) is 20.3 Å². The van der Waals surface area contributed by atoms with E-state index in [1.807, 2.05) is 18.2 Å². The number of hydrogen-bond donors (Lipinski definition) is 0. The van der Waals surface area contributed by atoms with Crippen molar-refractivity contribution in [2.45, 2.75) is 19.8 Å². The molecule has 0 spiro atoms. The number of carbonyl (C=O) groups is 1. The Morgan fingerprint density at radius 1 is 1.56 bits per heavy atom. The van der Waals surface area contributed by atoms with E-state index < -0.39 is 0 Å². The van der Waals surface area contributed by atoms with Crippen LogP contribution < -0.4 is 4.90 Å². The van der Waals surface area contributed by atoms with Gasteiger partial charge in [-0.15, -0.1) is 6.42 Å². The second-order valence-corrected chi connectivity index (χ2v) is 5.60. The lowest BCUT2D eigenvalue weighted by Crippen LogP contribution is -2.26. The number of rotatable bonds is 5. The summed E-state index contributed by atoms with van der Waals surface area (Å²) in [6.45, 7) is 3.18. The molecule has 1 aliphatic carbocycles. The summed E-state index contributed by atoms with van der Waals surface area (Å²) in [6, 6.07) is 5.70. The molecule has 1 aromatic carbocycles. The number of benzene rings is 1. The number of ketones is 1. The van der Waals surface area contributed by atoms with Crippen molar-refractivity contribution < 1.29 is 4.79 Å². The zero-order valence-corrected chi connectivity index (χ0v) is 12.0. The molecular weight excluding hydrogens is 290 g/mol. The van der Waals surface area contributed by atoms with Crippen LogP contribution in [-0.4, -0.2) is 18.9 Å². The Labute approximate surface area is 116 Å². The van der Waals surface area contributed by atoms with Crippen LogP contribution in [0.2, 0.25) is 0 Å². The predicted octanol–water partition coefficient (Wildman–Crippen LogP) is 3.50. The maximum Gasteiger partial charge on any atom is 0.159 e. The molecule has 2 rings (SSSR count). The normalized spacial score (nSPS) is 14.1. The summed E-state index contributed by atoms with van der Waals surface area (Å²) in [6.07, 6.45) is 8.02. The van der Waals surface area contributed by atoms with Crippen molar-refractivity contribution in [3.05, 3.63) is 28.2 Å². The molecule has 0 N–H and O–H groups in total. The van der Waals surface area contributed by atoms with E-state index >= 15 is 0 Å². The maximum atomic E-state index is 11.3. The molecule has 3 heteroatoms. The highest BCUT2D eigenvalue weighted by atomic mass is 79.9. The summed E-state index contributed by atoms with van der Waals surface area (Å²) in [4.78, 5) is 13.5. The van der Waals surface area contributed by atoms with Gasteiger partial charge in [-0.05, 0) is 59.8 Å². The second kappa shape index (κ2) is 5.58. The molecule has 1 fully saturated rings. The average Bonchev–Trinajstić information content (AvgIpc) is 3.12. The van der Waals surface area contributed by atoms with E-state index in [-0.39, 0.29) is 5.78 Å². The zero-order chi connectivity index (χ0) is 13.1. The van der Waals surface area contributed by atoms with Gasteiger partial charge in [-0.1, -0.05) is 5.92 Å². The number of carbonyl (C=O) groups excluding carboxylic acids is 1. The highest BCUT2D eigenvalue weighted by molar-refractivity contribution is 9.10. The summed E-state index contributed by atoms with van der Waals surface area (Å²) in [5, 5.41) is 0. The number of Topliss-reactive ketones (excluding diaryl/α,β-unsaturated/α-hetero) is 1. The smallest absolute Gasteiger partial charge is 0.159 e. The molecule has 0 amide bonds. The number of halogens is 1. The summed E-state index contributed by atoms with van der Waals surface area (Å²) in [7, 11) is 0. The average molecular weight is 306 g/mol. The van der Waals surface area contributed by atoms with Gasteiger partial charge in [-0.2, -0.15) is 0 Å². The first-order valence-electron chi connectivity index (χ1n) is 6.10. The molecule has 0 atom stereocenters. The van der Waals surface area contributed by atoms with E-state index in [4.69, 9.17) is 6.42 Å². The molecule has 0 saturated heterocycles. The molecule has 1 aromatic rings. The van der Waals surface area contributed by atoms with Gasteiger partial charge in [0.1, 0.15) is 0 Å². The number of anilines is 1. The summed E-state index contributed by atoms with van der Waals surface area (Å²) < 4.78 is 0.936. The van der Waals surface area contributed by atoms with E-state index in [2.05, 4.69) is 26.8 Å². The Balaban J connectivity index is 2.23. The zero-order valence-electron chi connectivity index (χ0n) is 10.4. The van der Waals surface area contributed by atoms with E-state index in [9.17, 15) is 4.79 Å². The number of terminal acetylenes is 1. The summed E-state index contributed by atoms with van der Waals surface area (Å²) >= 11 is 3.53.